The van der Waals surface area contributed by atoms with Crippen LogP contribution in [0.5, 0.6) is 0 Å². The Morgan fingerprint density at radius 1 is 1.00 bits per heavy atom. The fourth-order valence-corrected chi connectivity index (χ4v) is 2.69. The van der Waals surface area contributed by atoms with E-state index in [0.717, 1.165) is 0 Å². The average Bonchev–Trinajstić information content (AvgIpc) is 2.47. The lowest BCUT2D eigenvalue weighted by Gasteiger charge is -2.30. The maximum absolute atomic E-state index is 12.7. The van der Waals surface area contributed by atoms with Crippen molar-refractivity contribution in [1.82, 2.24) is 0 Å². The second kappa shape index (κ2) is 4.62. The van der Waals surface area contributed by atoms with E-state index in [2.05, 4.69) is 5.32 Å². The fraction of sp³-hybridized carbons (Fsp3) is 0.0667. The van der Waals surface area contributed by atoms with Gasteiger partial charge < -0.3 is 5.32 Å². The zero-order valence-corrected chi connectivity index (χ0v) is 11.7. The predicted octanol–water partition coefficient (Wildman–Crippen LogP) is 3.61. The Morgan fingerprint density at radius 2 is 1.70 bits per heavy atom. The Hall–Kier alpha value is -1.84. The Balaban J connectivity index is 2.20. The summed E-state index contributed by atoms with van der Waals surface area (Å²) in [5.41, 5.74) is 1.18. The SMILES string of the molecule is O=C1Nc2ccc(Cl)cc2C(=O)C1(Cl)c1ccccc1. The third-order valence-corrected chi connectivity index (χ3v) is 4.07. The van der Waals surface area contributed by atoms with Gasteiger partial charge in [-0.15, -0.1) is 0 Å². The van der Waals surface area contributed by atoms with Gasteiger partial charge in [0.25, 0.3) is 5.91 Å². The molecule has 0 aromatic heterocycles. The van der Waals surface area contributed by atoms with Gasteiger partial charge in [-0.1, -0.05) is 53.5 Å². The molecule has 100 valence electrons. The molecule has 3 nitrogen and oxygen atoms in total. The molecular formula is C15H9Cl2NO2. The lowest BCUT2D eigenvalue weighted by atomic mass is 9.85. The van der Waals surface area contributed by atoms with Crippen LogP contribution in [0.2, 0.25) is 5.02 Å². The van der Waals surface area contributed by atoms with E-state index >= 15 is 0 Å². The van der Waals surface area contributed by atoms with Crippen LogP contribution in [-0.4, -0.2) is 11.7 Å². The summed E-state index contributed by atoms with van der Waals surface area (Å²) in [6, 6.07) is 13.3. The van der Waals surface area contributed by atoms with E-state index in [1.54, 1.807) is 42.5 Å². The molecule has 1 heterocycles. The molecule has 5 heteroatoms. The first kappa shape index (κ1) is 13.2. The lowest BCUT2D eigenvalue weighted by Crippen LogP contribution is -2.46. The molecule has 1 aliphatic heterocycles. The van der Waals surface area contributed by atoms with E-state index in [9.17, 15) is 9.59 Å². The van der Waals surface area contributed by atoms with E-state index in [0.29, 0.717) is 21.8 Å². The van der Waals surface area contributed by atoms with Crippen LogP contribution in [0.15, 0.2) is 48.5 Å². The Morgan fingerprint density at radius 3 is 2.40 bits per heavy atom. The van der Waals surface area contributed by atoms with Crippen molar-refractivity contribution in [3.63, 3.8) is 0 Å². The molecule has 2 aromatic carbocycles. The number of anilines is 1. The number of halogens is 2. The summed E-state index contributed by atoms with van der Waals surface area (Å²) in [4.78, 5) is 23.2. The molecule has 0 saturated heterocycles. The molecule has 20 heavy (non-hydrogen) atoms. The zero-order valence-electron chi connectivity index (χ0n) is 10.2. The normalized spacial score (nSPS) is 21.3. The van der Waals surface area contributed by atoms with Crippen molar-refractivity contribution in [2.24, 2.45) is 0 Å². The maximum atomic E-state index is 12.7. The molecule has 0 saturated carbocycles. The van der Waals surface area contributed by atoms with Crippen LogP contribution in [-0.2, 0) is 9.67 Å². The summed E-state index contributed by atoms with van der Waals surface area (Å²) in [5, 5.41) is 3.07. The summed E-state index contributed by atoms with van der Waals surface area (Å²) < 4.78 is 0. The number of carbonyl (C=O) groups excluding carboxylic acids is 2. The van der Waals surface area contributed by atoms with Crippen LogP contribution in [0.3, 0.4) is 0 Å². The van der Waals surface area contributed by atoms with Crippen molar-refractivity contribution < 1.29 is 9.59 Å². The highest BCUT2D eigenvalue weighted by atomic mass is 35.5. The van der Waals surface area contributed by atoms with Gasteiger partial charge in [0.15, 0.2) is 5.78 Å². The summed E-state index contributed by atoms with van der Waals surface area (Å²) in [6.45, 7) is 0. The largest absolute Gasteiger partial charge is 0.323 e. The van der Waals surface area contributed by atoms with Gasteiger partial charge in [0.1, 0.15) is 0 Å². The number of benzene rings is 2. The van der Waals surface area contributed by atoms with Crippen LogP contribution < -0.4 is 5.32 Å². The van der Waals surface area contributed by atoms with Gasteiger partial charge in [0, 0.05) is 10.6 Å². The fourth-order valence-electron chi connectivity index (χ4n) is 2.24. The molecule has 0 bridgehead atoms. The average molecular weight is 306 g/mol. The molecule has 2 aromatic rings. The number of alkyl halides is 1. The highest BCUT2D eigenvalue weighted by Gasteiger charge is 2.49. The quantitative estimate of drug-likeness (QED) is 0.646. The van der Waals surface area contributed by atoms with Crippen molar-refractivity contribution >= 4 is 40.6 Å². The van der Waals surface area contributed by atoms with E-state index in [1.165, 1.54) is 6.07 Å². The number of hydrogen-bond donors (Lipinski definition) is 1. The van der Waals surface area contributed by atoms with Gasteiger partial charge in [0.2, 0.25) is 4.87 Å². The monoisotopic (exact) mass is 305 g/mol. The minimum absolute atomic E-state index is 0.316. The molecule has 1 amide bonds. The number of nitrogens with one attached hydrogen (secondary N) is 1. The molecule has 1 N–H and O–H groups in total. The van der Waals surface area contributed by atoms with Gasteiger partial charge in [-0.3, -0.25) is 9.59 Å². The first-order valence-corrected chi connectivity index (χ1v) is 6.69. The van der Waals surface area contributed by atoms with Crippen LogP contribution in [0.25, 0.3) is 0 Å². The van der Waals surface area contributed by atoms with Gasteiger partial charge in [-0.2, -0.15) is 0 Å². The summed E-state index contributed by atoms with van der Waals surface area (Å²) in [7, 11) is 0. The molecular weight excluding hydrogens is 297 g/mol. The van der Waals surface area contributed by atoms with Crippen LogP contribution in [0.1, 0.15) is 15.9 Å². The second-order valence-corrected chi connectivity index (χ2v) is 5.50. The number of rotatable bonds is 1. The van der Waals surface area contributed by atoms with Crippen LogP contribution >= 0.6 is 23.2 Å². The van der Waals surface area contributed by atoms with Crippen LogP contribution in [0.4, 0.5) is 5.69 Å². The Labute approximate surface area is 125 Å². The topological polar surface area (TPSA) is 46.2 Å². The molecule has 1 aliphatic rings. The minimum atomic E-state index is -1.75. The zero-order chi connectivity index (χ0) is 14.3. The number of amides is 1. The van der Waals surface area contributed by atoms with Crippen LogP contribution in [0, 0.1) is 0 Å². The third kappa shape index (κ3) is 1.82. The molecule has 1 unspecified atom stereocenters. The number of Topliss-reactive ketones (excluding diaryl/α,β-unsaturated/α-hetero) is 1. The summed E-state index contributed by atoms with van der Waals surface area (Å²) in [6.07, 6.45) is 0. The van der Waals surface area contributed by atoms with Crippen molar-refractivity contribution in [2.45, 2.75) is 4.87 Å². The minimum Gasteiger partial charge on any atom is -0.323 e. The molecule has 0 aliphatic carbocycles. The number of carbonyl (C=O) groups is 2. The van der Waals surface area contributed by atoms with Gasteiger partial charge in [-0.05, 0) is 23.8 Å². The highest BCUT2D eigenvalue weighted by Crippen LogP contribution is 2.40. The van der Waals surface area contributed by atoms with E-state index in [4.69, 9.17) is 23.2 Å². The van der Waals surface area contributed by atoms with Gasteiger partial charge in [0.05, 0.1) is 5.69 Å². The Bertz CT molecular complexity index is 715. The third-order valence-electron chi connectivity index (χ3n) is 3.27. The maximum Gasteiger partial charge on any atom is 0.258 e. The molecule has 0 radical (unpaired) electrons. The number of hydrogen-bond acceptors (Lipinski definition) is 2. The van der Waals surface area contributed by atoms with Crippen molar-refractivity contribution in [1.29, 1.82) is 0 Å². The van der Waals surface area contributed by atoms with Gasteiger partial charge >= 0.3 is 0 Å². The molecule has 3 rings (SSSR count). The first-order valence-electron chi connectivity index (χ1n) is 5.93. The van der Waals surface area contributed by atoms with Crippen molar-refractivity contribution in [3.05, 3.63) is 64.7 Å². The van der Waals surface area contributed by atoms with E-state index in [1.807, 2.05) is 0 Å². The molecule has 0 fully saturated rings. The predicted molar refractivity (Wildman–Crippen MR) is 78.4 cm³/mol. The first-order chi connectivity index (χ1) is 9.53. The Kier molecular flexibility index (Phi) is 3.04. The van der Waals surface area contributed by atoms with Gasteiger partial charge in [-0.25, -0.2) is 0 Å². The standard InChI is InChI=1S/C15H9Cl2NO2/c16-10-6-7-12-11(8-10)13(19)15(17,14(20)18-12)9-4-2-1-3-5-9/h1-8H,(H,18,20). The van der Waals surface area contributed by atoms with Crippen molar-refractivity contribution in [3.8, 4) is 0 Å². The van der Waals surface area contributed by atoms with E-state index in [-0.39, 0.29) is 0 Å². The number of fused-ring (bicyclic) bond motifs is 1. The molecule has 1 atom stereocenters. The summed E-state index contributed by atoms with van der Waals surface area (Å²) in [5.74, 6) is -1.02. The lowest BCUT2D eigenvalue weighted by molar-refractivity contribution is -0.117. The number of ketones is 1. The highest BCUT2D eigenvalue weighted by molar-refractivity contribution is 6.51. The van der Waals surface area contributed by atoms with E-state index < -0.39 is 16.6 Å². The van der Waals surface area contributed by atoms with Crippen molar-refractivity contribution in [2.75, 3.05) is 5.32 Å². The smallest absolute Gasteiger partial charge is 0.258 e. The second-order valence-electron chi connectivity index (χ2n) is 4.50. The molecule has 0 spiro atoms. The summed E-state index contributed by atoms with van der Waals surface area (Å²) >= 11 is 12.3.